The van der Waals surface area contributed by atoms with E-state index in [1.54, 1.807) is 13.0 Å². The summed E-state index contributed by atoms with van der Waals surface area (Å²) in [6.07, 6.45) is -1.40. The van der Waals surface area contributed by atoms with Crippen LogP contribution in [0.3, 0.4) is 0 Å². The summed E-state index contributed by atoms with van der Waals surface area (Å²) in [4.78, 5) is 15.4. The van der Waals surface area contributed by atoms with Crippen molar-refractivity contribution in [1.29, 1.82) is 0 Å². The number of carbonyl (C=O) groups excluding carboxylic acids is 1. The number of aromatic amines is 1. The molecule has 3 rings (SSSR count). The largest absolute Gasteiger partial charge is 0.491 e. The third kappa shape index (κ3) is 6.74. The van der Waals surface area contributed by atoms with Gasteiger partial charge in [-0.15, -0.1) is 0 Å². The highest BCUT2D eigenvalue weighted by molar-refractivity contribution is 5.83. The molecule has 0 fully saturated rings. The molecule has 1 aromatic heterocycles. The summed E-state index contributed by atoms with van der Waals surface area (Å²) in [6, 6.07) is 15.7. The molecular formula is C25H29F3N2O3. The number of H-pyrrole nitrogens is 1. The molecule has 0 bridgehead atoms. The Balaban J connectivity index is 1.55. The number of aliphatic hydroxyl groups is 1. The lowest BCUT2D eigenvalue weighted by atomic mass is 10.0. The number of aliphatic hydroxyl groups excluding tert-OH is 1. The van der Waals surface area contributed by atoms with E-state index < -0.39 is 24.7 Å². The Bertz CT molecular complexity index is 1050. The van der Waals surface area contributed by atoms with Gasteiger partial charge in [-0.3, -0.25) is 4.79 Å². The fourth-order valence-electron chi connectivity index (χ4n) is 3.91. The zero-order valence-corrected chi connectivity index (χ0v) is 18.6. The summed E-state index contributed by atoms with van der Waals surface area (Å²) in [5.41, 5.74) is 3.32. The molecule has 0 saturated heterocycles. The third-order valence-electron chi connectivity index (χ3n) is 5.44. The van der Waals surface area contributed by atoms with Crippen molar-refractivity contribution in [2.75, 3.05) is 19.7 Å². The van der Waals surface area contributed by atoms with E-state index in [-0.39, 0.29) is 13.2 Å². The number of ether oxygens (including phenoxy) is 1. The van der Waals surface area contributed by atoms with E-state index >= 15 is 0 Å². The number of alkyl halides is 3. The van der Waals surface area contributed by atoms with E-state index in [1.165, 1.54) is 10.9 Å². The molecule has 5 nitrogen and oxygen atoms in total. The van der Waals surface area contributed by atoms with Crippen LogP contribution in [-0.2, 0) is 17.6 Å². The van der Waals surface area contributed by atoms with E-state index in [4.69, 9.17) is 4.74 Å². The van der Waals surface area contributed by atoms with Gasteiger partial charge in [-0.25, -0.2) is 0 Å². The maximum atomic E-state index is 12.8. The molecule has 178 valence electrons. The van der Waals surface area contributed by atoms with Crippen LogP contribution in [0, 0.1) is 0 Å². The number of hydrogen-bond acceptors (Lipinski definition) is 3. The minimum atomic E-state index is -4.97. The molecule has 3 aromatic rings. The number of fused-ring (bicyclic) bond motifs is 1. The number of rotatable bonds is 11. The van der Waals surface area contributed by atoms with Crippen molar-refractivity contribution in [1.82, 2.24) is 9.88 Å². The van der Waals surface area contributed by atoms with Gasteiger partial charge in [-0.05, 0) is 55.0 Å². The Labute approximate surface area is 191 Å². The van der Waals surface area contributed by atoms with Gasteiger partial charge in [0.2, 0.25) is 0 Å². The van der Waals surface area contributed by atoms with Gasteiger partial charge in [0.15, 0.2) is 0 Å². The molecule has 1 heterocycles. The molecule has 33 heavy (non-hydrogen) atoms. The lowest BCUT2D eigenvalue weighted by Crippen LogP contribution is -2.46. The number of halogens is 3. The van der Waals surface area contributed by atoms with Crippen LogP contribution >= 0.6 is 0 Å². The molecule has 2 aromatic carbocycles. The number of hydrogen-bond donors (Lipinski definition) is 2. The zero-order valence-electron chi connectivity index (χ0n) is 18.6. The standard InChI is InChI=1S/C25H29F3N2O3/c1-2-15-30(24(32)25(26,27)28)16-20(31)17-33-23-12-4-3-7-19(23)10-5-8-18-9-6-11-22-21(18)13-14-29-22/h3-4,6-7,9,11-14,20,29,31H,2,5,8,10,15-17H2,1H3. The minimum absolute atomic E-state index is 0.0834. The minimum Gasteiger partial charge on any atom is -0.491 e. The van der Waals surface area contributed by atoms with Crippen LogP contribution in [0.1, 0.15) is 30.9 Å². The van der Waals surface area contributed by atoms with Crippen LogP contribution in [0.5, 0.6) is 5.75 Å². The second kappa shape index (κ2) is 11.2. The first-order valence-corrected chi connectivity index (χ1v) is 11.1. The highest BCUT2D eigenvalue weighted by atomic mass is 19.4. The normalized spacial score (nSPS) is 12.6. The van der Waals surface area contributed by atoms with Gasteiger partial charge in [-0.1, -0.05) is 37.3 Å². The predicted octanol–water partition coefficient (Wildman–Crippen LogP) is 4.88. The molecule has 1 unspecified atom stereocenters. The Hall–Kier alpha value is -3.00. The number of benzene rings is 2. The maximum Gasteiger partial charge on any atom is 0.471 e. The maximum absolute atomic E-state index is 12.8. The summed E-state index contributed by atoms with van der Waals surface area (Å²) in [7, 11) is 0. The number of amides is 1. The lowest BCUT2D eigenvalue weighted by Gasteiger charge is -2.26. The zero-order chi connectivity index (χ0) is 23.8. The van der Waals surface area contributed by atoms with E-state index in [0.29, 0.717) is 17.1 Å². The van der Waals surface area contributed by atoms with Crippen molar-refractivity contribution in [3.63, 3.8) is 0 Å². The van der Waals surface area contributed by atoms with Crippen molar-refractivity contribution in [2.45, 2.75) is 44.9 Å². The second-order valence-corrected chi connectivity index (χ2v) is 8.03. The molecular weight excluding hydrogens is 433 g/mol. The number of nitrogens with zero attached hydrogens (tertiary/aromatic N) is 1. The Kier molecular flexibility index (Phi) is 8.38. The summed E-state index contributed by atoms with van der Waals surface area (Å²) in [5.74, 6) is -1.36. The van der Waals surface area contributed by atoms with Crippen LogP contribution in [0.2, 0.25) is 0 Å². The summed E-state index contributed by atoms with van der Waals surface area (Å²) in [5, 5.41) is 11.4. The molecule has 2 N–H and O–H groups in total. The smallest absolute Gasteiger partial charge is 0.471 e. The van der Waals surface area contributed by atoms with E-state index in [2.05, 4.69) is 17.1 Å². The highest BCUT2D eigenvalue weighted by Crippen LogP contribution is 2.24. The average Bonchev–Trinajstić information content (AvgIpc) is 3.27. The van der Waals surface area contributed by atoms with Gasteiger partial charge >= 0.3 is 12.1 Å². The molecule has 0 aliphatic rings. The Morgan fingerprint density at radius 2 is 1.82 bits per heavy atom. The first-order valence-electron chi connectivity index (χ1n) is 11.1. The quantitative estimate of drug-likeness (QED) is 0.427. The second-order valence-electron chi connectivity index (χ2n) is 8.03. The predicted molar refractivity (Wildman–Crippen MR) is 121 cm³/mol. The number of aromatic nitrogens is 1. The Morgan fingerprint density at radius 1 is 1.09 bits per heavy atom. The molecule has 1 atom stereocenters. The van der Waals surface area contributed by atoms with Crippen LogP contribution in [0.15, 0.2) is 54.7 Å². The fourth-order valence-corrected chi connectivity index (χ4v) is 3.91. The molecule has 8 heteroatoms. The monoisotopic (exact) mass is 462 g/mol. The topological polar surface area (TPSA) is 65.6 Å². The van der Waals surface area contributed by atoms with Crippen LogP contribution in [0.4, 0.5) is 13.2 Å². The Morgan fingerprint density at radius 3 is 2.58 bits per heavy atom. The number of aryl methyl sites for hydroxylation is 2. The van der Waals surface area contributed by atoms with Crippen molar-refractivity contribution < 1.29 is 27.8 Å². The van der Waals surface area contributed by atoms with Gasteiger partial charge in [0.1, 0.15) is 18.5 Å². The number of para-hydroxylation sites is 1. The van der Waals surface area contributed by atoms with Gasteiger partial charge in [0.25, 0.3) is 0 Å². The fraction of sp³-hybridized carbons (Fsp3) is 0.400. The molecule has 0 saturated carbocycles. The third-order valence-corrected chi connectivity index (χ3v) is 5.44. The SMILES string of the molecule is CCCN(CC(O)COc1ccccc1CCCc1cccc2[nH]ccc12)C(=O)C(F)(F)F. The van der Waals surface area contributed by atoms with Gasteiger partial charge in [-0.2, -0.15) is 13.2 Å². The van der Waals surface area contributed by atoms with E-state index in [0.717, 1.165) is 30.3 Å². The van der Waals surface area contributed by atoms with Crippen LogP contribution in [0.25, 0.3) is 10.9 Å². The van der Waals surface area contributed by atoms with E-state index in [1.807, 2.05) is 36.5 Å². The summed E-state index contributed by atoms with van der Waals surface area (Å²) >= 11 is 0. The number of nitrogens with one attached hydrogen (secondary N) is 1. The van der Waals surface area contributed by atoms with Gasteiger partial charge in [0, 0.05) is 23.6 Å². The van der Waals surface area contributed by atoms with Gasteiger partial charge in [0.05, 0.1) is 6.54 Å². The summed E-state index contributed by atoms with van der Waals surface area (Å²) < 4.78 is 44.1. The van der Waals surface area contributed by atoms with Crippen molar-refractivity contribution in [2.24, 2.45) is 0 Å². The number of carbonyl (C=O) groups is 1. The van der Waals surface area contributed by atoms with Crippen molar-refractivity contribution in [3.8, 4) is 5.75 Å². The van der Waals surface area contributed by atoms with Crippen molar-refractivity contribution >= 4 is 16.8 Å². The summed E-state index contributed by atoms with van der Waals surface area (Å²) in [6.45, 7) is 0.951. The first kappa shape index (κ1) is 24.6. The van der Waals surface area contributed by atoms with E-state index in [9.17, 15) is 23.1 Å². The molecule has 0 radical (unpaired) electrons. The molecule has 0 aliphatic carbocycles. The molecule has 1 amide bonds. The molecule has 0 aliphatic heterocycles. The van der Waals surface area contributed by atoms with Crippen LogP contribution in [-0.4, -0.2) is 52.9 Å². The molecule has 0 spiro atoms. The first-order chi connectivity index (χ1) is 15.8. The van der Waals surface area contributed by atoms with Gasteiger partial charge < -0.3 is 19.7 Å². The highest BCUT2D eigenvalue weighted by Gasteiger charge is 2.42. The van der Waals surface area contributed by atoms with Crippen molar-refractivity contribution in [3.05, 3.63) is 65.9 Å². The lowest BCUT2D eigenvalue weighted by molar-refractivity contribution is -0.186. The average molecular weight is 463 g/mol. The van der Waals surface area contributed by atoms with Crippen LogP contribution < -0.4 is 4.74 Å².